The fraction of sp³-hybridized carbons (Fsp3) is 0.500. The van der Waals surface area contributed by atoms with E-state index in [0.717, 1.165) is 22.2 Å². The van der Waals surface area contributed by atoms with Crippen molar-refractivity contribution in [3.63, 3.8) is 0 Å². The van der Waals surface area contributed by atoms with E-state index in [9.17, 15) is 4.79 Å². The molecule has 1 aromatic heterocycles. The Bertz CT molecular complexity index is 855. The molecule has 1 unspecified atom stereocenters. The Morgan fingerprint density at radius 1 is 1.25 bits per heavy atom. The van der Waals surface area contributed by atoms with Crippen LogP contribution >= 0.6 is 11.8 Å². The Labute approximate surface area is 170 Å². The van der Waals surface area contributed by atoms with Crippen LogP contribution in [0.1, 0.15) is 58.5 Å². The average Bonchev–Trinajstić information content (AvgIpc) is 3.03. The maximum atomic E-state index is 12.4. The van der Waals surface area contributed by atoms with E-state index in [4.69, 9.17) is 9.84 Å². The number of aromatic nitrogens is 3. The Kier molecular flexibility index (Phi) is 6.07. The molecule has 2 heterocycles. The van der Waals surface area contributed by atoms with E-state index < -0.39 is 11.7 Å². The summed E-state index contributed by atoms with van der Waals surface area (Å²) in [5.74, 6) is 1.70. The predicted octanol–water partition coefficient (Wildman–Crippen LogP) is 4.25. The molecule has 0 radical (unpaired) electrons. The van der Waals surface area contributed by atoms with Gasteiger partial charge >= 0.3 is 6.09 Å². The minimum Gasteiger partial charge on any atom is -0.444 e. The molecule has 1 aliphatic rings. The monoisotopic (exact) mass is 401 g/mol. The third-order valence-corrected chi connectivity index (χ3v) is 4.94. The van der Waals surface area contributed by atoms with Crippen molar-refractivity contribution < 1.29 is 9.53 Å². The van der Waals surface area contributed by atoms with E-state index in [0.29, 0.717) is 18.2 Å². The van der Waals surface area contributed by atoms with Gasteiger partial charge in [0, 0.05) is 5.75 Å². The Balaban J connectivity index is 1.90. The molecule has 1 atom stereocenters. The van der Waals surface area contributed by atoms with Gasteiger partial charge < -0.3 is 10.1 Å². The van der Waals surface area contributed by atoms with Gasteiger partial charge in [-0.05, 0) is 38.7 Å². The number of carbonyl (C=O) groups is 1. The van der Waals surface area contributed by atoms with Gasteiger partial charge in [0.05, 0.1) is 11.8 Å². The molecule has 28 heavy (non-hydrogen) atoms. The zero-order valence-electron chi connectivity index (χ0n) is 17.0. The zero-order chi connectivity index (χ0) is 20.3. The van der Waals surface area contributed by atoms with Gasteiger partial charge in [0.15, 0.2) is 5.82 Å². The topological polar surface area (TPSA) is 81.4 Å². The van der Waals surface area contributed by atoms with E-state index in [1.165, 1.54) is 0 Å². The van der Waals surface area contributed by atoms with Gasteiger partial charge in [-0.1, -0.05) is 55.9 Å². The molecule has 0 saturated carbocycles. The molecule has 0 spiro atoms. The Morgan fingerprint density at radius 2 is 1.96 bits per heavy atom. The molecule has 2 aromatic rings. The SMILES string of the molecule is CC(C)CC(NC(=O)OC(C)(C)C)c1nnc2n1N=C(c1ccccc1)CS2. The van der Waals surface area contributed by atoms with Crippen LogP contribution in [-0.4, -0.2) is 38.0 Å². The number of alkyl carbamates (subject to hydrolysis) is 1. The summed E-state index contributed by atoms with van der Waals surface area (Å²) in [6.07, 6.45) is 0.240. The fourth-order valence-corrected chi connectivity index (χ4v) is 3.73. The van der Waals surface area contributed by atoms with Crippen LogP contribution in [-0.2, 0) is 4.74 Å². The molecule has 0 fully saturated rings. The number of ether oxygens (including phenoxy) is 1. The zero-order valence-corrected chi connectivity index (χ0v) is 17.8. The summed E-state index contributed by atoms with van der Waals surface area (Å²) >= 11 is 1.59. The highest BCUT2D eigenvalue weighted by atomic mass is 32.2. The van der Waals surface area contributed by atoms with Crippen molar-refractivity contribution in [2.45, 2.75) is 57.8 Å². The summed E-state index contributed by atoms with van der Waals surface area (Å²) in [6, 6.07) is 9.72. The summed E-state index contributed by atoms with van der Waals surface area (Å²) in [6.45, 7) is 9.73. The average molecular weight is 402 g/mol. The van der Waals surface area contributed by atoms with Gasteiger partial charge in [-0.15, -0.1) is 10.2 Å². The summed E-state index contributed by atoms with van der Waals surface area (Å²) in [7, 11) is 0. The molecule has 3 rings (SSSR count). The molecule has 1 amide bonds. The predicted molar refractivity (Wildman–Crippen MR) is 111 cm³/mol. The van der Waals surface area contributed by atoms with E-state index in [1.807, 2.05) is 51.1 Å². The van der Waals surface area contributed by atoms with Crippen LogP contribution in [0.2, 0.25) is 0 Å². The molecule has 1 aliphatic heterocycles. The van der Waals surface area contributed by atoms with Gasteiger partial charge in [-0.25, -0.2) is 4.79 Å². The van der Waals surface area contributed by atoms with Crippen molar-refractivity contribution in [3.05, 3.63) is 41.7 Å². The third kappa shape index (κ3) is 5.13. The van der Waals surface area contributed by atoms with E-state index in [1.54, 1.807) is 16.4 Å². The molecule has 7 nitrogen and oxygen atoms in total. The molecular weight excluding hydrogens is 374 g/mol. The lowest BCUT2D eigenvalue weighted by atomic mass is 10.0. The number of rotatable bonds is 5. The first-order valence-corrected chi connectivity index (χ1v) is 10.4. The van der Waals surface area contributed by atoms with Crippen LogP contribution in [0.4, 0.5) is 4.79 Å². The first-order chi connectivity index (χ1) is 13.2. The first kappa shape index (κ1) is 20.4. The number of amides is 1. The van der Waals surface area contributed by atoms with Gasteiger partial charge in [0.25, 0.3) is 0 Å². The molecule has 0 aliphatic carbocycles. The quantitative estimate of drug-likeness (QED) is 0.810. The van der Waals surface area contributed by atoms with Gasteiger partial charge in [0.2, 0.25) is 5.16 Å². The van der Waals surface area contributed by atoms with Crippen LogP contribution in [0.15, 0.2) is 40.6 Å². The van der Waals surface area contributed by atoms with Crippen molar-refractivity contribution in [3.8, 4) is 0 Å². The van der Waals surface area contributed by atoms with E-state index >= 15 is 0 Å². The first-order valence-electron chi connectivity index (χ1n) is 9.44. The summed E-state index contributed by atoms with van der Waals surface area (Å²) in [5.41, 5.74) is 1.46. The molecule has 1 N–H and O–H groups in total. The number of fused-ring (bicyclic) bond motifs is 1. The van der Waals surface area contributed by atoms with Gasteiger partial charge in [-0.2, -0.15) is 9.78 Å². The second-order valence-electron chi connectivity index (χ2n) is 8.18. The highest BCUT2D eigenvalue weighted by Crippen LogP contribution is 2.28. The lowest BCUT2D eigenvalue weighted by Crippen LogP contribution is -2.36. The highest BCUT2D eigenvalue weighted by molar-refractivity contribution is 7.99. The number of hydrogen-bond donors (Lipinski definition) is 1. The van der Waals surface area contributed by atoms with Crippen LogP contribution in [0.3, 0.4) is 0 Å². The fourth-order valence-electron chi connectivity index (χ4n) is 2.88. The number of thioether (sulfide) groups is 1. The highest BCUT2D eigenvalue weighted by Gasteiger charge is 2.28. The number of nitrogens with zero attached hydrogens (tertiary/aromatic N) is 4. The smallest absolute Gasteiger partial charge is 0.408 e. The van der Waals surface area contributed by atoms with Gasteiger partial charge in [-0.3, -0.25) is 0 Å². The number of benzene rings is 1. The largest absolute Gasteiger partial charge is 0.444 e. The normalized spacial score (nSPS) is 15.0. The maximum absolute atomic E-state index is 12.4. The number of carbonyl (C=O) groups excluding carboxylic acids is 1. The number of hydrogen-bond acceptors (Lipinski definition) is 6. The van der Waals surface area contributed by atoms with Crippen molar-refractivity contribution >= 4 is 23.6 Å². The van der Waals surface area contributed by atoms with Crippen LogP contribution in [0.5, 0.6) is 0 Å². The number of nitrogens with one attached hydrogen (secondary N) is 1. The third-order valence-electron chi connectivity index (χ3n) is 4.01. The minimum atomic E-state index is -0.564. The van der Waals surface area contributed by atoms with Crippen LogP contribution in [0, 0.1) is 5.92 Å². The van der Waals surface area contributed by atoms with Crippen LogP contribution in [0.25, 0.3) is 0 Å². The van der Waals surface area contributed by atoms with E-state index in [2.05, 4.69) is 29.4 Å². The van der Waals surface area contributed by atoms with Gasteiger partial charge in [0.1, 0.15) is 5.60 Å². The lowest BCUT2D eigenvalue weighted by Gasteiger charge is -2.24. The summed E-state index contributed by atoms with van der Waals surface area (Å²) in [4.78, 5) is 12.4. The second-order valence-corrected chi connectivity index (χ2v) is 9.12. The molecule has 1 aromatic carbocycles. The van der Waals surface area contributed by atoms with Crippen molar-refractivity contribution in [2.24, 2.45) is 11.0 Å². The standard InChI is InChI=1S/C20H27N5O2S/c1-13(2)11-15(21-19(26)27-20(3,4)5)17-22-23-18-25(17)24-16(12-28-18)14-9-7-6-8-10-14/h6-10,13,15H,11-12H2,1-5H3,(H,21,26). The molecule has 150 valence electrons. The van der Waals surface area contributed by atoms with Crippen molar-refractivity contribution in [1.29, 1.82) is 0 Å². The Morgan fingerprint density at radius 3 is 2.61 bits per heavy atom. The minimum absolute atomic E-state index is 0.337. The molecule has 0 saturated heterocycles. The van der Waals surface area contributed by atoms with Crippen molar-refractivity contribution in [1.82, 2.24) is 20.2 Å². The van der Waals surface area contributed by atoms with Crippen LogP contribution < -0.4 is 5.32 Å². The summed E-state index contributed by atoms with van der Waals surface area (Å²) in [5, 5.41) is 17.1. The Hall–Kier alpha value is -2.35. The maximum Gasteiger partial charge on any atom is 0.408 e. The molecular formula is C20H27N5O2S. The molecule has 8 heteroatoms. The second kappa shape index (κ2) is 8.34. The van der Waals surface area contributed by atoms with E-state index in [-0.39, 0.29) is 6.04 Å². The lowest BCUT2D eigenvalue weighted by molar-refractivity contribution is 0.0494. The summed E-state index contributed by atoms with van der Waals surface area (Å²) < 4.78 is 7.18. The molecule has 0 bridgehead atoms. The van der Waals surface area contributed by atoms with Crippen molar-refractivity contribution in [2.75, 3.05) is 5.75 Å².